The second kappa shape index (κ2) is 12.9. The molecule has 0 rings (SSSR count). The predicted molar refractivity (Wildman–Crippen MR) is 93.0 cm³/mol. The van der Waals surface area contributed by atoms with Crippen LogP contribution in [0.3, 0.4) is 0 Å². The van der Waals surface area contributed by atoms with Gasteiger partial charge in [-0.15, -0.1) is 0 Å². The van der Waals surface area contributed by atoms with Crippen LogP contribution in [0.2, 0.25) is 0 Å². The first-order chi connectivity index (χ1) is 10.6. The van der Waals surface area contributed by atoms with Gasteiger partial charge in [0.1, 0.15) is 0 Å². The first-order valence-electron chi connectivity index (χ1n) is 7.76. The van der Waals surface area contributed by atoms with Gasteiger partial charge < -0.3 is 10.2 Å². The molecule has 136 valence electrons. The average Bonchev–Trinajstić information content (AvgIpc) is 2.43. The van der Waals surface area contributed by atoms with Gasteiger partial charge in [0, 0.05) is 11.1 Å². The van der Waals surface area contributed by atoms with Gasteiger partial charge >= 0.3 is 41.5 Å². The summed E-state index contributed by atoms with van der Waals surface area (Å²) in [7, 11) is -4.19. The van der Waals surface area contributed by atoms with Crippen LogP contribution in [0.5, 0.6) is 0 Å². The van der Waals surface area contributed by atoms with Crippen molar-refractivity contribution in [1.29, 1.82) is 0 Å². The molecule has 24 heavy (non-hydrogen) atoms. The van der Waals surface area contributed by atoms with Crippen molar-refractivity contribution in [2.24, 2.45) is 5.92 Å². The van der Waals surface area contributed by atoms with Crippen molar-refractivity contribution in [3.63, 3.8) is 0 Å². The monoisotopic (exact) mass is 374 g/mol. The Hall–Kier alpha value is -0.410. The van der Waals surface area contributed by atoms with E-state index in [1.165, 1.54) is 0 Å². The van der Waals surface area contributed by atoms with E-state index in [9.17, 15) is 28.2 Å². The SMILES string of the molecule is CCCCC(CC)C/C(C(=O)O)=C(\CCCS(=O)(=O)O)C(=O)O.[NaH]. The molecule has 1 atom stereocenters. The second-order valence-electron chi connectivity index (χ2n) is 5.58. The van der Waals surface area contributed by atoms with Gasteiger partial charge in [-0.05, 0) is 25.2 Å². The number of rotatable bonds is 12. The van der Waals surface area contributed by atoms with Crippen LogP contribution in [0.4, 0.5) is 0 Å². The van der Waals surface area contributed by atoms with Crippen molar-refractivity contribution < 1.29 is 32.8 Å². The van der Waals surface area contributed by atoms with E-state index in [0.717, 1.165) is 25.7 Å². The molecular weight excluding hydrogens is 347 g/mol. The summed E-state index contributed by atoms with van der Waals surface area (Å²) in [6.07, 6.45) is 3.29. The average molecular weight is 374 g/mol. The molecule has 0 bridgehead atoms. The maximum atomic E-state index is 11.4. The molecule has 0 spiro atoms. The topological polar surface area (TPSA) is 129 Å². The molecule has 0 saturated heterocycles. The van der Waals surface area contributed by atoms with Crippen LogP contribution in [0, 0.1) is 5.92 Å². The number of carbonyl (C=O) groups is 2. The van der Waals surface area contributed by atoms with Gasteiger partial charge in [0.05, 0.1) is 5.75 Å². The van der Waals surface area contributed by atoms with Crippen molar-refractivity contribution in [2.75, 3.05) is 5.75 Å². The summed E-state index contributed by atoms with van der Waals surface area (Å²) >= 11 is 0. The number of carboxylic acids is 2. The van der Waals surface area contributed by atoms with Crippen LogP contribution in [0.25, 0.3) is 0 Å². The van der Waals surface area contributed by atoms with E-state index in [0.29, 0.717) is 0 Å². The summed E-state index contributed by atoms with van der Waals surface area (Å²) in [5.74, 6) is -3.16. The third kappa shape index (κ3) is 11.2. The van der Waals surface area contributed by atoms with Gasteiger partial charge in [-0.25, -0.2) is 9.59 Å². The van der Waals surface area contributed by atoms with Gasteiger partial charge in [0.15, 0.2) is 0 Å². The van der Waals surface area contributed by atoms with Crippen LogP contribution in [0.15, 0.2) is 11.1 Å². The van der Waals surface area contributed by atoms with Gasteiger partial charge in [-0.3, -0.25) is 4.55 Å². The van der Waals surface area contributed by atoms with E-state index in [1.807, 2.05) is 13.8 Å². The number of hydrogen-bond donors (Lipinski definition) is 3. The van der Waals surface area contributed by atoms with Crippen molar-refractivity contribution in [2.45, 2.75) is 58.8 Å². The summed E-state index contributed by atoms with van der Waals surface area (Å²) in [4.78, 5) is 22.8. The summed E-state index contributed by atoms with van der Waals surface area (Å²) in [5, 5.41) is 18.6. The van der Waals surface area contributed by atoms with E-state index < -0.39 is 27.8 Å². The summed E-state index contributed by atoms with van der Waals surface area (Å²) in [6.45, 7) is 3.96. The third-order valence-corrected chi connectivity index (χ3v) is 4.55. The van der Waals surface area contributed by atoms with Crippen LogP contribution in [-0.4, -0.2) is 70.4 Å². The fraction of sp³-hybridized carbons (Fsp3) is 0.733. The standard InChI is InChI=1S/C15H26O7S.Na.H/c1-3-5-7-11(4-2)10-13(15(18)19)12(14(16)17)8-6-9-23(20,21)22;;/h11H,3-10H2,1-2H3,(H,16,17)(H,18,19)(H,20,21,22);;/b13-12-;;. The molecule has 0 saturated carbocycles. The first-order valence-corrected chi connectivity index (χ1v) is 9.37. The molecule has 0 aromatic heterocycles. The Bertz CT molecular complexity index is 540. The van der Waals surface area contributed by atoms with Gasteiger partial charge in [-0.2, -0.15) is 8.42 Å². The molecule has 0 aliphatic carbocycles. The normalized spacial score (nSPS) is 13.6. The second-order valence-corrected chi connectivity index (χ2v) is 7.15. The minimum atomic E-state index is -4.19. The van der Waals surface area contributed by atoms with E-state index in [1.54, 1.807) is 0 Å². The summed E-state index contributed by atoms with van der Waals surface area (Å²) < 4.78 is 30.1. The van der Waals surface area contributed by atoms with E-state index in [2.05, 4.69) is 0 Å². The number of hydrogen-bond acceptors (Lipinski definition) is 4. The van der Waals surface area contributed by atoms with Crippen LogP contribution in [-0.2, 0) is 19.7 Å². The van der Waals surface area contributed by atoms with Crippen molar-refractivity contribution in [3.8, 4) is 0 Å². The Morgan fingerprint density at radius 1 is 1.00 bits per heavy atom. The number of aliphatic carboxylic acids is 2. The Morgan fingerprint density at radius 3 is 1.92 bits per heavy atom. The molecule has 7 nitrogen and oxygen atoms in total. The van der Waals surface area contributed by atoms with E-state index >= 15 is 0 Å². The van der Waals surface area contributed by atoms with Crippen LogP contribution < -0.4 is 0 Å². The fourth-order valence-corrected chi connectivity index (χ4v) is 2.90. The Kier molecular flexibility index (Phi) is 13.9. The van der Waals surface area contributed by atoms with Crippen LogP contribution in [0.1, 0.15) is 58.8 Å². The summed E-state index contributed by atoms with van der Waals surface area (Å²) in [6, 6.07) is 0. The van der Waals surface area contributed by atoms with Crippen molar-refractivity contribution in [1.82, 2.24) is 0 Å². The van der Waals surface area contributed by atoms with E-state index in [4.69, 9.17) is 4.55 Å². The molecule has 0 aromatic carbocycles. The number of unbranched alkanes of at least 4 members (excludes halogenated alkanes) is 1. The first kappa shape index (κ1) is 25.8. The molecule has 0 amide bonds. The molecule has 1 unspecified atom stereocenters. The molecule has 0 aliphatic heterocycles. The fourth-order valence-electron chi connectivity index (χ4n) is 2.39. The van der Waals surface area contributed by atoms with Crippen molar-refractivity contribution in [3.05, 3.63) is 11.1 Å². The molecule has 0 radical (unpaired) electrons. The Labute approximate surface area is 165 Å². The summed E-state index contributed by atoms with van der Waals surface area (Å²) in [5.41, 5.74) is -0.452. The zero-order valence-electron chi connectivity index (χ0n) is 13.6. The minimum absolute atomic E-state index is 0. The van der Waals surface area contributed by atoms with Crippen LogP contribution >= 0.6 is 0 Å². The zero-order valence-corrected chi connectivity index (χ0v) is 14.4. The Morgan fingerprint density at radius 2 is 1.54 bits per heavy atom. The predicted octanol–water partition coefficient (Wildman–Crippen LogP) is 2.08. The third-order valence-electron chi connectivity index (χ3n) is 3.75. The number of carboxylic acid groups (broad SMARTS) is 2. The van der Waals surface area contributed by atoms with Gasteiger partial charge in [-0.1, -0.05) is 39.5 Å². The molecule has 0 aromatic rings. The molecular formula is C15H27NaO7S. The quantitative estimate of drug-likeness (QED) is 0.271. The molecule has 9 heteroatoms. The molecule has 0 heterocycles. The van der Waals surface area contributed by atoms with E-state index in [-0.39, 0.29) is 65.9 Å². The Balaban J connectivity index is 0. The molecule has 0 fully saturated rings. The zero-order chi connectivity index (χ0) is 18.0. The maximum absolute atomic E-state index is 11.4. The van der Waals surface area contributed by atoms with Gasteiger partial charge in [0.2, 0.25) is 0 Å². The molecule has 3 N–H and O–H groups in total. The molecule has 0 aliphatic rings. The van der Waals surface area contributed by atoms with Crippen molar-refractivity contribution >= 4 is 51.6 Å². The van der Waals surface area contributed by atoms with Gasteiger partial charge in [0.25, 0.3) is 10.1 Å².